The number of amides is 2. The lowest BCUT2D eigenvalue weighted by molar-refractivity contribution is -0.122. The van der Waals surface area contributed by atoms with Gasteiger partial charge in [-0.1, -0.05) is 64.5 Å². The Kier molecular flexibility index (Phi) is 6.88. The minimum atomic E-state index is -0.266. The normalized spacial score (nSPS) is 15.0. The Hall–Kier alpha value is -3.16. The number of nitrogens with zero attached hydrogens (tertiary/aromatic N) is 2. The van der Waals surface area contributed by atoms with Gasteiger partial charge in [0.2, 0.25) is 0 Å². The lowest BCUT2D eigenvalue weighted by atomic mass is 10.1. The maximum Gasteiger partial charge on any atom is 0.293 e. The van der Waals surface area contributed by atoms with Crippen molar-refractivity contribution >= 4 is 55.8 Å². The Morgan fingerprint density at radius 2 is 1.74 bits per heavy atom. The van der Waals surface area contributed by atoms with E-state index in [2.05, 4.69) is 15.9 Å². The topological polar surface area (TPSA) is 42.3 Å². The molecule has 7 heteroatoms. The average Bonchev–Trinajstić information content (AvgIpc) is 3.32. The van der Waals surface area contributed by atoms with E-state index in [1.54, 1.807) is 18.2 Å². The van der Waals surface area contributed by atoms with Crippen LogP contribution >= 0.6 is 27.7 Å². The lowest BCUT2D eigenvalue weighted by Crippen LogP contribution is -2.29. The molecule has 1 aliphatic rings. The van der Waals surface area contributed by atoms with E-state index in [1.807, 2.05) is 65.4 Å². The van der Waals surface area contributed by atoms with Crippen molar-refractivity contribution in [1.29, 1.82) is 0 Å². The quantitative estimate of drug-likeness (QED) is 0.228. The number of carbonyl (C=O) groups excluding carboxylic acids is 2. The van der Waals surface area contributed by atoms with Crippen LogP contribution in [0.15, 0.2) is 88.4 Å². The summed E-state index contributed by atoms with van der Waals surface area (Å²) in [6.45, 7) is 0.747. The molecule has 0 atom stereocenters. The van der Waals surface area contributed by atoms with Gasteiger partial charge in [-0.3, -0.25) is 14.5 Å². The lowest BCUT2D eigenvalue weighted by Gasteiger charge is -2.12. The first kappa shape index (κ1) is 23.6. The van der Waals surface area contributed by atoms with E-state index < -0.39 is 0 Å². The predicted molar refractivity (Wildman–Crippen MR) is 143 cm³/mol. The molecule has 2 amide bonds. The maximum atomic E-state index is 14.3. The number of carbonyl (C=O) groups is 2. The third-order valence-corrected chi connectivity index (χ3v) is 7.42. The molecular weight excluding hydrogens is 527 g/mol. The highest BCUT2D eigenvalue weighted by Crippen LogP contribution is 2.35. The van der Waals surface area contributed by atoms with Crippen LogP contribution in [0.25, 0.3) is 17.0 Å². The fourth-order valence-corrected chi connectivity index (χ4v) is 5.49. The van der Waals surface area contributed by atoms with Crippen molar-refractivity contribution in [2.24, 2.45) is 0 Å². The van der Waals surface area contributed by atoms with Crippen LogP contribution in [0.5, 0.6) is 0 Å². The van der Waals surface area contributed by atoms with Gasteiger partial charge < -0.3 is 4.57 Å². The number of rotatable bonds is 7. The van der Waals surface area contributed by atoms with Gasteiger partial charge in [0.1, 0.15) is 5.82 Å². The van der Waals surface area contributed by atoms with E-state index in [0.717, 1.165) is 39.1 Å². The van der Waals surface area contributed by atoms with Gasteiger partial charge in [-0.2, -0.15) is 0 Å². The summed E-state index contributed by atoms with van der Waals surface area (Å²) in [6, 6.07) is 22.6. The monoisotopic (exact) mass is 548 g/mol. The van der Waals surface area contributed by atoms with Crippen molar-refractivity contribution in [3.63, 3.8) is 0 Å². The van der Waals surface area contributed by atoms with Gasteiger partial charge in [0.25, 0.3) is 11.1 Å². The van der Waals surface area contributed by atoms with Crippen LogP contribution in [-0.4, -0.2) is 27.2 Å². The van der Waals surface area contributed by atoms with Crippen LogP contribution in [-0.2, 0) is 17.8 Å². The highest BCUT2D eigenvalue weighted by molar-refractivity contribution is 9.10. The molecule has 1 aliphatic heterocycles. The molecule has 0 bridgehead atoms. The highest BCUT2D eigenvalue weighted by Gasteiger charge is 2.34. The Bertz CT molecular complexity index is 1450. The van der Waals surface area contributed by atoms with E-state index >= 15 is 0 Å². The zero-order valence-corrected chi connectivity index (χ0v) is 21.2. The molecule has 176 valence electrons. The minimum absolute atomic E-state index is 0.245. The van der Waals surface area contributed by atoms with Crippen LogP contribution < -0.4 is 0 Å². The molecule has 3 aromatic carbocycles. The summed E-state index contributed by atoms with van der Waals surface area (Å²) in [7, 11) is 0. The van der Waals surface area contributed by atoms with Crippen LogP contribution in [0.3, 0.4) is 0 Å². The molecule has 0 aliphatic carbocycles. The number of benzene rings is 3. The number of thioether (sulfide) groups is 1. The van der Waals surface area contributed by atoms with Gasteiger partial charge in [-0.25, -0.2) is 4.39 Å². The zero-order valence-electron chi connectivity index (χ0n) is 18.8. The van der Waals surface area contributed by atoms with E-state index in [1.165, 1.54) is 16.5 Å². The zero-order chi connectivity index (χ0) is 24.4. The first-order valence-corrected chi connectivity index (χ1v) is 12.9. The van der Waals surface area contributed by atoms with E-state index in [-0.39, 0.29) is 17.0 Å². The molecule has 5 rings (SSSR count). The second-order valence-corrected chi connectivity index (χ2v) is 10.3. The molecular formula is C28H22BrFN2O2S. The third-order valence-electron chi connectivity index (χ3n) is 6.02. The number of aromatic nitrogens is 1. The fraction of sp³-hybridized carbons (Fsp3) is 0.143. The summed E-state index contributed by atoms with van der Waals surface area (Å²) in [5.41, 5.74) is 3.50. The third kappa shape index (κ3) is 5.11. The van der Waals surface area contributed by atoms with Crippen LogP contribution in [0.2, 0.25) is 0 Å². The van der Waals surface area contributed by atoms with Gasteiger partial charge in [0, 0.05) is 39.2 Å². The summed E-state index contributed by atoms with van der Waals surface area (Å²) >= 11 is 4.49. The number of fused-ring (bicyclic) bond motifs is 1. The Labute approximate surface area is 215 Å². The van der Waals surface area contributed by atoms with Crippen molar-refractivity contribution in [3.8, 4) is 0 Å². The summed E-state index contributed by atoms with van der Waals surface area (Å²) in [5, 5.41) is 0.678. The van der Waals surface area contributed by atoms with E-state index in [4.69, 9.17) is 0 Å². The molecule has 0 N–H and O–H groups in total. The van der Waals surface area contributed by atoms with Gasteiger partial charge in [-0.05, 0) is 60.5 Å². The van der Waals surface area contributed by atoms with E-state index in [0.29, 0.717) is 30.0 Å². The van der Waals surface area contributed by atoms with E-state index in [9.17, 15) is 14.0 Å². The second-order valence-electron chi connectivity index (χ2n) is 8.39. The highest BCUT2D eigenvalue weighted by atomic mass is 79.9. The summed E-state index contributed by atoms with van der Waals surface area (Å²) in [4.78, 5) is 27.4. The molecule has 1 aromatic heterocycles. The number of imide groups is 1. The maximum absolute atomic E-state index is 14.3. The number of hydrogen-bond donors (Lipinski definition) is 0. The van der Waals surface area contributed by atoms with Crippen molar-refractivity contribution in [1.82, 2.24) is 9.47 Å². The fourth-order valence-electron chi connectivity index (χ4n) is 4.27. The number of aryl methyl sites for hydroxylation is 1. The molecule has 4 aromatic rings. The summed E-state index contributed by atoms with van der Waals surface area (Å²) in [5.74, 6) is -0.525. The average molecular weight is 549 g/mol. The van der Waals surface area contributed by atoms with Gasteiger partial charge in [0.05, 0.1) is 11.4 Å². The van der Waals surface area contributed by atoms with Crippen LogP contribution in [0, 0.1) is 5.82 Å². The molecule has 0 spiro atoms. The second kappa shape index (κ2) is 10.2. The molecule has 0 unspecified atom stereocenters. The first-order chi connectivity index (χ1) is 17.0. The molecule has 1 saturated heterocycles. The van der Waals surface area contributed by atoms with Crippen molar-refractivity contribution in [2.75, 3.05) is 6.54 Å². The van der Waals surface area contributed by atoms with Gasteiger partial charge in [0.15, 0.2) is 0 Å². The molecule has 4 nitrogen and oxygen atoms in total. The predicted octanol–water partition coefficient (Wildman–Crippen LogP) is 7.26. The van der Waals surface area contributed by atoms with Crippen LogP contribution in [0.4, 0.5) is 9.18 Å². The van der Waals surface area contributed by atoms with Gasteiger partial charge >= 0.3 is 0 Å². The molecule has 0 saturated carbocycles. The molecule has 0 radical (unpaired) electrons. The van der Waals surface area contributed by atoms with Crippen molar-refractivity contribution < 1.29 is 14.0 Å². The Balaban J connectivity index is 1.40. The number of hydrogen-bond acceptors (Lipinski definition) is 3. The van der Waals surface area contributed by atoms with Crippen molar-refractivity contribution in [2.45, 2.75) is 19.4 Å². The minimum Gasteiger partial charge on any atom is -0.342 e. The summed E-state index contributed by atoms with van der Waals surface area (Å²) < 4.78 is 17.2. The van der Waals surface area contributed by atoms with Gasteiger partial charge in [-0.15, -0.1) is 0 Å². The van der Waals surface area contributed by atoms with Crippen molar-refractivity contribution in [3.05, 3.63) is 111 Å². The smallest absolute Gasteiger partial charge is 0.293 e. The standard InChI is InChI=1S/C28H22BrFN2O2S/c29-22-12-13-25-23(16-22)21(18-31(25)17-20-10-4-5-11-24(20)30)15-26-27(33)32(28(34)35-26)14-6-9-19-7-2-1-3-8-19/h1-5,7-8,10-13,15-16,18H,6,9,14,17H2/b26-15-. The first-order valence-electron chi connectivity index (χ1n) is 11.3. The van der Waals surface area contributed by atoms with Crippen LogP contribution in [0.1, 0.15) is 23.1 Å². The Morgan fingerprint density at radius 3 is 2.54 bits per heavy atom. The number of halogens is 2. The molecule has 1 fully saturated rings. The Morgan fingerprint density at radius 1 is 0.971 bits per heavy atom. The summed E-state index contributed by atoms with van der Waals surface area (Å²) in [6.07, 6.45) is 5.20. The largest absolute Gasteiger partial charge is 0.342 e. The SMILES string of the molecule is O=C1S/C(=C\c2cn(Cc3ccccc3F)c3ccc(Br)cc23)C(=O)N1CCCc1ccccc1. The molecule has 35 heavy (non-hydrogen) atoms. The molecule has 2 heterocycles.